The standard InChI is InChI=1S/C15H17IN2O2S/c1-2-12-4-3-11(10-17)9-15(12)21(19,20)18-14-7-5-13(16)6-8-14/h3-9,18H,2,10,17H2,1H3. The molecule has 0 aromatic heterocycles. The Kier molecular flexibility index (Phi) is 5.23. The second-order valence-electron chi connectivity index (χ2n) is 4.61. The zero-order valence-corrected chi connectivity index (χ0v) is 14.6. The number of benzene rings is 2. The van der Waals surface area contributed by atoms with Gasteiger partial charge in [-0.05, 0) is 70.5 Å². The molecule has 0 amide bonds. The number of halogens is 1. The molecular formula is C15H17IN2O2S. The van der Waals surface area contributed by atoms with Gasteiger partial charge in [-0.25, -0.2) is 8.42 Å². The minimum absolute atomic E-state index is 0.298. The molecule has 0 atom stereocenters. The molecule has 0 fully saturated rings. The van der Waals surface area contributed by atoms with E-state index in [1.54, 1.807) is 18.2 Å². The smallest absolute Gasteiger partial charge is 0.262 e. The summed E-state index contributed by atoms with van der Waals surface area (Å²) in [5.41, 5.74) is 7.74. The van der Waals surface area contributed by atoms with Crippen molar-refractivity contribution in [2.24, 2.45) is 5.73 Å². The Bertz CT molecular complexity index is 728. The Morgan fingerprint density at radius 2 is 1.81 bits per heavy atom. The fourth-order valence-corrected chi connectivity index (χ4v) is 3.78. The molecule has 2 aromatic rings. The van der Waals surface area contributed by atoms with Crippen LogP contribution in [0.25, 0.3) is 0 Å². The van der Waals surface area contributed by atoms with Crippen molar-refractivity contribution in [2.75, 3.05) is 4.72 Å². The largest absolute Gasteiger partial charge is 0.326 e. The van der Waals surface area contributed by atoms with Crippen LogP contribution in [0.2, 0.25) is 0 Å². The molecule has 0 aliphatic heterocycles. The van der Waals surface area contributed by atoms with Crippen molar-refractivity contribution >= 4 is 38.3 Å². The molecule has 0 bridgehead atoms. The van der Waals surface area contributed by atoms with E-state index < -0.39 is 10.0 Å². The SMILES string of the molecule is CCc1ccc(CN)cc1S(=O)(=O)Nc1ccc(I)cc1. The van der Waals surface area contributed by atoms with Gasteiger partial charge in [0, 0.05) is 15.8 Å². The average molecular weight is 416 g/mol. The van der Waals surface area contributed by atoms with Gasteiger partial charge in [-0.2, -0.15) is 0 Å². The highest BCUT2D eigenvalue weighted by Crippen LogP contribution is 2.22. The molecule has 3 N–H and O–H groups in total. The van der Waals surface area contributed by atoms with Crippen LogP contribution >= 0.6 is 22.6 Å². The maximum atomic E-state index is 12.6. The van der Waals surface area contributed by atoms with Gasteiger partial charge in [0.1, 0.15) is 0 Å². The van der Waals surface area contributed by atoms with Gasteiger partial charge in [0.25, 0.3) is 10.0 Å². The van der Waals surface area contributed by atoms with Gasteiger partial charge in [0.2, 0.25) is 0 Å². The predicted molar refractivity (Wildman–Crippen MR) is 93.7 cm³/mol. The van der Waals surface area contributed by atoms with Crippen molar-refractivity contribution in [3.05, 3.63) is 57.2 Å². The van der Waals surface area contributed by atoms with Gasteiger partial charge < -0.3 is 5.73 Å². The number of sulfonamides is 1. The molecule has 6 heteroatoms. The van der Waals surface area contributed by atoms with Crippen LogP contribution in [0.3, 0.4) is 0 Å². The van der Waals surface area contributed by atoms with E-state index in [4.69, 9.17) is 5.73 Å². The summed E-state index contributed by atoms with van der Waals surface area (Å²) < 4.78 is 28.8. The number of hydrogen-bond donors (Lipinski definition) is 2. The Balaban J connectivity index is 2.41. The lowest BCUT2D eigenvalue weighted by molar-refractivity contribution is 0.600. The third kappa shape index (κ3) is 3.96. The normalized spacial score (nSPS) is 11.4. The minimum atomic E-state index is -3.61. The Hall–Kier alpha value is -1.12. The summed E-state index contributed by atoms with van der Waals surface area (Å²) in [5, 5.41) is 0. The van der Waals surface area contributed by atoms with E-state index in [2.05, 4.69) is 27.3 Å². The van der Waals surface area contributed by atoms with E-state index in [-0.39, 0.29) is 0 Å². The third-order valence-electron chi connectivity index (χ3n) is 3.13. The van der Waals surface area contributed by atoms with E-state index in [0.717, 1.165) is 14.7 Å². The lowest BCUT2D eigenvalue weighted by atomic mass is 10.1. The third-order valence-corrected chi connectivity index (χ3v) is 5.32. The molecule has 0 saturated heterocycles. The van der Waals surface area contributed by atoms with Gasteiger partial charge in [-0.15, -0.1) is 0 Å². The number of rotatable bonds is 5. The molecule has 0 aliphatic rings. The Labute approximate surface area is 138 Å². The van der Waals surface area contributed by atoms with Gasteiger partial charge in [0.05, 0.1) is 4.90 Å². The van der Waals surface area contributed by atoms with Crippen LogP contribution in [-0.4, -0.2) is 8.42 Å². The minimum Gasteiger partial charge on any atom is -0.326 e. The summed E-state index contributed by atoms with van der Waals surface area (Å²) >= 11 is 2.17. The van der Waals surface area contributed by atoms with Crippen LogP contribution in [-0.2, 0) is 23.0 Å². The van der Waals surface area contributed by atoms with Crippen LogP contribution in [0, 0.1) is 3.57 Å². The predicted octanol–water partition coefficient (Wildman–Crippen LogP) is 3.11. The van der Waals surface area contributed by atoms with Crippen LogP contribution < -0.4 is 10.5 Å². The van der Waals surface area contributed by atoms with E-state index in [9.17, 15) is 8.42 Å². The average Bonchev–Trinajstić information content (AvgIpc) is 2.48. The monoisotopic (exact) mass is 416 g/mol. The molecule has 2 aromatic carbocycles. The van der Waals surface area contributed by atoms with E-state index in [1.165, 1.54) is 0 Å². The molecule has 0 heterocycles. The molecule has 2 rings (SSSR count). The second kappa shape index (κ2) is 6.76. The van der Waals surface area contributed by atoms with Gasteiger partial charge in [-0.3, -0.25) is 4.72 Å². The first-order valence-corrected chi connectivity index (χ1v) is 9.12. The van der Waals surface area contributed by atoms with E-state index in [0.29, 0.717) is 23.5 Å². The van der Waals surface area contributed by atoms with Crippen molar-refractivity contribution in [1.29, 1.82) is 0 Å². The number of hydrogen-bond acceptors (Lipinski definition) is 3. The summed E-state index contributed by atoms with van der Waals surface area (Å²) in [6, 6.07) is 12.5. The molecule has 0 radical (unpaired) electrons. The topological polar surface area (TPSA) is 72.2 Å². The molecule has 4 nitrogen and oxygen atoms in total. The number of anilines is 1. The van der Waals surface area contributed by atoms with Crippen LogP contribution in [0.5, 0.6) is 0 Å². The summed E-state index contributed by atoms with van der Waals surface area (Å²) in [4.78, 5) is 0.298. The van der Waals surface area contributed by atoms with E-state index in [1.807, 2.05) is 31.2 Å². The first-order valence-electron chi connectivity index (χ1n) is 6.56. The lowest BCUT2D eigenvalue weighted by Crippen LogP contribution is -2.15. The summed E-state index contributed by atoms with van der Waals surface area (Å²) in [6.45, 7) is 2.25. The zero-order chi connectivity index (χ0) is 15.5. The van der Waals surface area contributed by atoms with Gasteiger partial charge in [-0.1, -0.05) is 19.1 Å². The lowest BCUT2D eigenvalue weighted by Gasteiger charge is -2.13. The number of aryl methyl sites for hydroxylation is 1. The molecule has 0 saturated carbocycles. The summed E-state index contributed by atoms with van der Waals surface area (Å²) in [5.74, 6) is 0. The fourth-order valence-electron chi connectivity index (χ4n) is 2.00. The first-order chi connectivity index (χ1) is 9.96. The maximum Gasteiger partial charge on any atom is 0.262 e. The molecule has 0 spiro atoms. The van der Waals surface area contributed by atoms with Crippen molar-refractivity contribution in [3.8, 4) is 0 Å². The van der Waals surface area contributed by atoms with Crippen molar-refractivity contribution in [3.63, 3.8) is 0 Å². The fraction of sp³-hybridized carbons (Fsp3) is 0.200. The highest BCUT2D eigenvalue weighted by molar-refractivity contribution is 14.1. The molecule has 0 aliphatic carbocycles. The molecular weight excluding hydrogens is 399 g/mol. The highest BCUT2D eigenvalue weighted by Gasteiger charge is 2.18. The van der Waals surface area contributed by atoms with Gasteiger partial charge in [0.15, 0.2) is 0 Å². The van der Waals surface area contributed by atoms with Crippen molar-refractivity contribution in [2.45, 2.75) is 24.8 Å². The van der Waals surface area contributed by atoms with Crippen molar-refractivity contribution in [1.82, 2.24) is 0 Å². The second-order valence-corrected chi connectivity index (χ2v) is 7.51. The van der Waals surface area contributed by atoms with Gasteiger partial charge >= 0.3 is 0 Å². The summed E-state index contributed by atoms with van der Waals surface area (Å²) in [6.07, 6.45) is 0.647. The van der Waals surface area contributed by atoms with Crippen molar-refractivity contribution < 1.29 is 8.42 Å². The quantitative estimate of drug-likeness (QED) is 0.736. The number of nitrogens with two attached hydrogens (primary N) is 1. The zero-order valence-electron chi connectivity index (χ0n) is 11.6. The molecule has 21 heavy (non-hydrogen) atoms. The summed E-state index contributed by atoms with van der Waals surface area (Å²) in [7, 11) is -3.61. The van der Waals surface area contributed by atoms with Crippen LogP contribution in [0.1, 0.15) is 18.1 Å². The number of nitrogens with one attached hydrogen (secondary N) is 1. The molecule has 0 unspecified atom stereocenters. The van der Waals surface area contributed by atoms with Crippen LogP contribution in [0.4, 0.5) is 5.69 Å². The first kappa shape index (κ1) is 16.3. The Morgan fingerprint density at radius 1 is 1.14 bits per heavy atom. The van der Waals surface area contributed by atoms with Crippen LogP contribution in [0.15, 0.2) is 47.4 Å². The Morgan fingerprint density at radius 3 is 2.38 bits per heavy atom. The maximum absolute atomic E-state index is 12.6. The molecule has 112 valence electrons. The van der Waals surface area contributed by atoms with E-state index >= 15 is 0 Å². The highest BCUT2D eigenvalue weighted by atomic mass is 127.